The van der Waals surface area contributed by atoms with Crippen LogP contribution >= 0.6 is 0 Å². The van der Waals surface area contributed by atoms with Crippen molar-refractivity contribution >= 4 is 5.96 Å². The number of nitrogens with one attached hydrogen (secondary N) is 2. The minimum Gasteiger partial charge on any atom is -0.356 e. The first kappa shape index (κ1) is 18.3. The van der Waals surface area contributed by atoms with Crippen LogP contribution in [-0.4, -0.2) is 75.2 Å². The molecule has 0 aromatic carbocycles. The van der Waals surface area contributed by atoms with Crippen LogP contribution < -0.4 is 10.6 Å². The molecule has 0 saturated carbocycles. The van der Waals surface area contributed by atoms with Crippen LogP contribution in [-0.2, 0) is 0 Å². The van der Waals surface area contributed by atoms with E-state index in [2.05, 4.69) is 45.5 Å². The minimum atomic E-state index is 0.545. The lowest BCUT2D eigenvalue weighted by atomic mass is 9.97. The number of guanidine groups is 1. The van der Waals surface area contributed by atoms with Crippen molar-refractivity contribution in [3.63, 3.8) is 0 Å². The Morgan fingerprint density at radius 3 is 2.65 bits per heavy atom. The molecule has 0 aromatic heterocycles. The number of hydrogen-bond acceptors (Lipinski definition) is 3. The third-order valence-electron chi connectivity index (χ3n) is 5.07. The number of likely N-dealkylation sites (N-methyl/N-ethyl adjacent to an activating group) is 1. The predicted molar refractivity (Wildman–Crippen MR) is 99.1 cm³/mol. The van der Waals surface area contributed by atoms with Gasteiger partial charge >= 0.3 is 0 Å². The fourth-order valence-corrected chi connectivity index (χ4v) is 3.33. The molecule has 0 radical (unpaired) electrons. The van der Waals surface area contributed by atoms with Crippen molar-refractivity contribution in [1.82, 2.24) is 20.4 Å². The Morgan fingerprint density at radius 2 is 2.00 bits per heavy atom. The second-order valence-electron chi connectivity index (χ2n) is 6.93. The van der Waals surface area contributed by atoms with E-state index in [1.54, 1.807) is 5.57 Å². The van der Waals surface area contributed by atoms with Gasteiger partial charge in [-0.05, 0) is 46.1 Å². The van der Waals surface area contributed by atoms with Gasteiger partial charge in [0.15, 0.2) is 5.96 Å². The average Bonchev–Trinajstić information content (AvgIpc) is 2.59. The van der Waals surface area contributed by atoms with Gasteiger partial charge in [-0.25, -0.2) is 0 Å². The van der Waals surface area contributed by atoms with Crippen molar-refractivity contribution in [1.29, 1.82) is 0 Å². The molecule has 1 fully saturated rings. The highest BCUT2D eigenvalue weighted by Crippen LogP contribution is 2.19. The summed E-state index contributed by atoms with van der Waals surface area (Å²) in [7, 11) is 4.06. The highest BCUT2D eigenvalue weighted by molar-refractivity contribution is 5.79. The van der Waals surface area contributed by atoms with Crippen LogP contribution in [0.15, 0.2) is 16.6 Å². The molecule has 132 valence electrons. The summed E-state index contributed by atoms with van der Waals surface area (Å²) in [5.74, 6) is 0.933. The molecule has 0 spiro atoms. The maximum Gasteiger partial charge on any atom is 0.191 e. The van der Waals surface area contributed by atoms with Gasteiger partial charge in [-0.3, -0.25) is 9.89 Å². The second kappa shape index (κ2) is 9.93. The van der Waals surface area contributed by atoms with E-state index < -0.39 is 0 Å². The largest absolute Gasteiger partial charge is 0.356 e. The quantitative estimate of drug-likeness (QED) is 0.444. The highest BCUT2D eigenvalue weighted by Gasteiger charge is 2.19. The van der Waals surface area contributed by atoms with E-state index in [4.69, 9.17) is 0 Å². The Balaban J connectivity index is 1.63. The van der Waals surface area contributed by atoms with Crippen molar-refractivity contribution in [3.05, 3.63) is 11.6 Å². The Labute approximate surface area is 142 Å². The molecule has 23 heavy (non-hydrogen) atoms. The fourth-order valence-electron chi connectivity index (χ4n) is 3.33. The van der Waals surface area contributed by atoms with Crippen LogP contribution in [0.5, 0.6) is 0 Å². The van der Waals surface area contributed by atoms with Gasteiger partial charge in [-0.2, -0.15) is 0 Å². The lowest BCUT2D eigenvalue weighted by Gasteiger charge is -2.36. The topological polar surface area (TPSA) is 42.9 Å². The monoisotopic (exact) mass is 321 g/mol. The van der Waals surface area contributed by atoms with Gasteiger partial charge < -0.3 is 15.5 Å². The third kappa shape index (κ3) is 6.51. The summed E-state index contributed by atoms with van der Waals surface area (Å²) in [4.78, 5) is 9.31. The van der Waals surface area contributed by atoms with Crippen molar-refractivity contribution < 1.29 is 0 Å². The number of hydrogen-bond donors (Lipinski definition) is 2. The normalized spacial score (nSPS) is 22.6. The SMILES string of the molecule is CN=C(NCCC1=CCCCC1)NCC(C)N1CCN(C)CC1. The molecule has 1 saturated heterocycles. The van der Waals surface area contributed by atoms with Gasteiger partial charge in [-0.1, -0.05) is 11.6 Å². The molecular formula is C18H35N5. The first-order valence-corrected chi connectivity index (χ1v) is 9.24. The van der Waals surface area contributed by atoms with Gasteiger partial charge in [0.05, 0.1) is 0 Å². The van der Waals surface area contributed by atoms with Crippen molar-refractivity contribution in [2.45, 2.75) is 45.1 Å². The van der Waals surface area contributed by atoms with Crippen LogP contribution in [0.25, 0.3) is 0 Å². The van der Waals surface area contributed by atoms with Gasteiger partial charge in [0, 0.05) is 52.4 Å². The predicted octanol–water partition coefficient (Wildman–Crippen LogP) is 1.68. The van der Waals surface area contributed by atoms with Crippen LogP contribution in [0.4, 0.5) is 0 Å². The second-order valence-corrected chi connectivity index (χ2v) is 6.93. The Kier molecular flexibility index (Phi) is 7.89. The van der Waals surface area contributed by atoms with Gasteiger partial charge in [0.2, 0.25) is 0 Å². The van der Waals surface area contributed by atoms with E-state index in [9.17, 15) is 0 Å². The maximum atomic E-state index is 4.35. The number of allylic oxidation sites excluding steroid dienone is 1. The molecule has 1 aliphatic heterocycles. The van der Waals surface area contributed by atoms with Gasteiger partial charge in [0.1, 0.15) is 0 Å². The van der Waals surface area contributed by atoms with Crippen molar-refractivity contribution in [3.8, 4) is 0 Å². The molecule has 1 atom stereocenters. The summed E-state index contributed by atoms with van der Waals surface area (Å²) >= 11 is 0. The maximum absolute atomic E-state index is 4.35. The van der Waals surface area contributed by atoms with E-state index in [1.165, 1.54) is 51.9 Å². The summed E-state index contributed by atoms with van der Waals surface area (Å²) in [6.07, 6.45) is 8.86. The zero-order valence-corrected chi connectivity index (χ0v) is 15.3. The molecule has 5 heteroatoms. The molecule has 0 aromatic rings. The summed E-state index contributed by atoms with van der Waals surface area (Å²) < 4.78 is 0. The van der Waals surface area contributed by atoms with E-state index in [0.29, 0.717) is 6.04 Å². The third-order valence-corrected chi connectivity index (χ3v) is 5.07. The average molecular weight is 322 g/mol. The molecule has 1 aliphatic carbocycles. The molecule has 2 aliphatic rings. The van der Waals surface area contributed by atoms with E-state index in [-0.39, 0.29) is 0 Å². The minimum absolute atomic E-state index is 0.545. The first-order valence-electron chi connectivity index (χ1n) is 9.24. The van der Waals surface area contributed by atoms with Crippen LogP contribution in [0.1, 0.15) is 39.0 Å². The zero-order chi connectivity index (χ0) is 16.5. The van der Waals surface area contributed by atoms with Crippen LogP contribution in [0, 0.1) is 0 Å². The molecule has 0 amide bonds. The van der Waals surface area contributed by atoms with Gasteiger partial charge in [0.25, 0.3) is 0 Å². The van der Waals surface area contributed by atoms with E-state index in [0.717, 1.165) is 25.5 Å². The Hall–Kier alpha value is -1.07. The molecule has 2 rings (SSSR count). The highest BCUT2D eigenvalue weighted by atomic mass is 15.3. The molecule has 2 N–H and O–H groups in total. The molecule has 5 nitrogen and oxygen atoms in total. The lowest BCUT2D eigenvalue weighted by Crippen LogP contribution is -2.52. The smallest absolute Gasteiger partial charge is 0.191 e. The van der Waals surface area contributed by atoms with Crippen molar-refractivity contribution in [2.24, 2.45) is 4.99 Å². The molecule has 0 bridgehead atoms. The lowest BCUT2D eigenvalue weighted by molar-refractivity contribution is 0.120. The standard InChI is InChI=1S/C18H35N5/c1-16(23-13-11-22(3)12-14-23)15-21-18(19-2)20-10-9-17-7-5-4-6-8-17/h7,16H,4-6,8-15H2,1-3H3,(H2,19,20,21). The summed E-state index contributed by atoms with van der Waals surface area (Å²) in [6.45, 7) is 8.91. The summed E-state index contributed by atoms with van der Waals surface area (Å²) in [5.41, 5.74) is 1.62. The summed E-state index contributed by atoms with van der Waals surface area (Å²) in [6, 6.07) is 0.545. The van der Waals surface area contributed by atoms with Crippen molar-refractivity contribution in [2.75, 3.05) is 53.4 Å². The molecular weight excluding hydrogens is 286 g/mol. The van der Waals surface area contributed by atoms with E-state index in [1.807, 2.05) is 7.05 Å². The number of rotatable bonds is 6. The molecule has 1 unspecified atom stereocenters. The van der Waals surface area contributed by atoms with Crippen LogP contribution in [0.3, 0.4) is 0 Å². The zero-order valence-electron chi connectivity index (χ0n) is 15.3. The number of piperazine rings is 1. The Bertz CT molecular complexity index is 396. The first-order chi connectivity index (χ1) is 11.2. The Morgan fingerprint density at radius 1 is 1.22 bits per heavy atom. The van der Waals surface area contributed by atoms with Gasteiger partial charge in [-0.15, -0.1) is 0 Å². The molecule has 1 heterocycles. The van der Waals surface area contributed by atoms with Crippen LogP contribution in [0.2, 0.25) is 0 Å². The summed E-state index contributed by atoms with van der Waals surface area (Å²) in [5, 5.41) is 6.93. The number of nitrogens with zero attached hydrogens (tertiary/aromatic N) is 3. The fraction of sp³-hybridized carbons (Fsp3) is 0.833. The number of aliphatic imine (C=N–C) groups is 1. The van der Waals surface area contributed by atoms with E-state index >= 15 is 0 Å².